The summed E-state index contributed by atoms with van der Waals surface area (Å²) in [6.45, 7) is 0. The van der Waals surface area contributed by atoms with E-state index in [1.165, 1.54) is 0 Å². The Balaban J connectivity index is 1.63. The summed E-state index contributed by atoms with van der Waals surface area (Å²) >= 11 is 0. The van der Waals surface area contributed by atoms with Gasteiger partial charge in [-0.25, -0.2) is 0 Å². The first kappa shape index (κ1) is 17.4. The fraction of sp³-hybridized carbons (Fsp3) is 0.0909. The maximum atomic E-state index is 5.15. The summed E-state index contributed by atoms with van der Waals surface area (Å²) in [6.07, 6.45) is 11.4. The summed E-state index contributed by atoms with van der Waals surface area (Å²) in [5.74, 6) is 1.69. The van der Waals surface area contributed by atoms with E-state index in [2.05, 4.69) is 9.97 Å². The molecule has 26 heavy (non-hydrogen) atoms. The van der Waals surface area contributed by atoms with E-state index in [0.29, 0.717) is 0 Å². The van der Waals surface area contributed by atoms with Crippen LogP contribution in [0.1, 0.15) is 22.5 Å². The maximum Gasteiger partial charge on any atom is 0.118 e. The average molecular weight is 344 g/mol. The van der Waals surface area contributed by atoms with E-state index in [4.69, 9.17) is 9.47 Å². The van der Waals surface area contributed by atoms with E-state index >= 15 is 0 Å². The average Bonchev–Trinajstić information content (AvgIpc) is 2.72. The molecule has 4 nitrogen and oxygen atoms in total. The van der Waals surface area contributed by atoms with Gasteiger partial charge in [0.1, 0.15) is 11.5 Å². The van der Waals surface area contributed by atoms with Gasteiger partial charge in [-0.15, -0.1) is 0 Å². The van der Waals surface area contributed by atoms with Gasteiger partial charge in [0.25, 0.3) is 0 Å². The quantitative estimate of drug-likeness (QED) is 0.642. The normalized spacial score (nSPS) is 11.2. The molecular weight excluding hydrogens is 324 g/mol. The Bertz CT molecular complexity index is 804. The van der Waals surface area contributed by atoms with Crippen molar-refractivity contribution in [2.75, 3.05) is 14.2 Å². The van der Waals surface area contributed by atoms with Crippen LogP contribution in [0.5, 0.6) is 11.5 Å². The first-order chi connectivity index (χ1) is 12.8. The lowest BCUT2D eigenvalue weighted by Gasteiger charge is -2.00. The highest BCUT2D eigenvalue weighted by atomic mass is 16.5. The second kappa shape index (κ2) is 8.62. The third-order valence-electron chi connectivity index (χ3n) is 3.82. The van der Waals surface area contributed by atoms with Crippen molar-refractivity contribution in [3.8, 4) is 11.5 Å². The summed E-state index contributed by atoms with van der Waals surface area (Å²) in [6, 6.07) is 15.7. The number of methoxy groups -OCH3 is 2. The van der Waals surface area contributed by atoms with E-state index in [1.807, 2.05) is 72.8 Å². The summed E-state index contributed by atoms with van der Waals surface area (Å²) in [5, 5.41) is 0. The molecule has 1 aromatic heterocycles. The van der Waals surface area contributed by atoms with Crippen LogP contribution in [0.25, 0.3) is 24.3 Å². The Kier molecular flexibility index (Phi) is 5.78. The van der Waals surface area contributed by atoms with Gasteiger partial charge < -0.3 is 9.47 Å². The standard InChI is InChI=1S/C22H20N2O2/c1-25-21-11-5-17(6-12-21)3-9-19-15-24-20(16-23-19)10-4-18-7-13-22(26-2)14-8-18/h3-16H,1-2H3/b9-3+,10-4+. The number of aromatic nitrogens is 2. The Morgan fingerprint density at radius 2 is 0.962 bits per heavy atom. The van der Waals surface area contributed by atoms with Crippen LogP contribution in [0, 0.1) is 0 Å². The molecule has 4 heteroatoms. The molecule has 0 aliphatic rings. The minimum Gasteiger partial charge on any atom is -0.497 e. The van der Waals surface area contributed by atoms with Crippen molar-refractivity contribution < 1.29 is 9.47 Å². The third kappa shape index (κ3) is 4.80. The van der Waals surface area contributed by atoms with Gasteiger partial charge in [-0.2, -0.15) is 0 Å². The molecule has 0 spiro atoms. The zero-order valence-corrected chi connectivity index (χ0v) is 14.8. The first-order valence-corrected chi connectivity index (χ1v) is 8.23. The van der Waals surface area contributed by atoms with E-state index in [1.54, 1.807) is 26.6 Å². The van der Waals surface area contributed by atoms with Gasteiger partial charge in [0.2, 0.25) is 0 Å². The molecule has 0 atom stereocenters. The lowest BCUT2D eigenvalue weighted by atomic mass is 10.2. The molecule has 0 bridgehead atoms. The van der Waals surface area contributed by atoms with Crippen LogP contribution in [-0.4, -0.2) is 24.2 Å². The Hall–Kier alpha value is -3.40. The van der Waals surface area contributed by atoms with E-state index < -0.39 is 0 Å². The van der Waals surface area contributed by atoms with Crippen LogP contribution in [0.4, 0.5) is 0 Å². The molecular formula is C22H20N2O2. The minimum absolute atomic E-state index is 0.808. The van der Waals surface area contributed by atoms with Crippen LogP contribution in [-0.2, 0) is 0 Å². The molecule has 3 rings (SSSR count). The fourth-order valence-corrected chi connectivity index (χ4v) is 2.31. The molecule has 2 aromatic carbocycles. The molecule has 0 saturated carbocycles. The molecule has 0 aliphatic carbocycles. The predicted octanol–water partition coefficient (Wildman–Crippen LogP) is 4.83. The van der Waals surface area contributed by atoms with Gasteiger partial charge in [-0.3, -0.25) is 9.97 Å². The van der Waals surface area contributed by atoms with Crippen LogP contribution in [0.15, 0.2) is 60.9 Å². The third-order valence-corrected chi connectivity index (χ3v) is 3.82. The number of ether oxygens (including phenoxy) is 2. The van der Waals surface area contributed by atoms with E-state index in [0.717, 1.165) is 34.0 Å². The fourth-order valence-electron chi connectivity index (χ4n) is 2.31. The van der Waals surface area contributed by atoms with Gasteiger partial charge >= 0.3 is 0 Å². The Morgan fingerprint density at radius 3 is 1.27 bits per heavy atom. The first-order valence-electron chi connectivity index (χ1n) is 8.23. The van der Waals surface area contributed by atoms with E-state index in [-0.39, 0.29) is 0 Å². The van der Waals surface area contributed by atoms with Crippen LogP contribution >= 0.6 is 0 Å². The number of hydrogen-bond acceptors (Lipinski definition) is 4. The Morgan fingerprint density at radius 1 is 0.577 bits per heavy atom. The maximum absolute atomic E-state index is 5.15. The molecule has 0 N–H and O–H groups in total. The van der Waals surface area contributed by atoms with Gasteiger partial charge in [0, 0.05) is 0 Å². The second-order valence-electron chi connectivity index (χ2n) is 5.58. The molecule has 3 aromatic rings. The van der Waals surface area contributed by atoms with Crippen molar-refractivity contribution >= 4 is 24.3 Å². The highest BCUT2D eigenvalue weighted by Crippen LogP contribution is 2.15. The van der Waals surface area contributed by atoms with Crippen LogP contribution in [0.3, 0.4) is 0 Å². The summed E-state index contributed by atoms with van der Waals surface area (Å²) in [7, 11) is 3.32. The summed E-state index contributed by atoms with van der Waals surface area (Å²) < 4.78 is 10.3. The zero-order chi connectivity index (χ0) is 18.2. The van der Waals surface area contributed by atoms with Crippen molar-refractivity contribution in [3.63, 3.8) is 0 Å². The number of hydrogen-bond donors (Lipinski definition) is 0. The number of benzene rings is 2. The minimum atomic E-state index is 0.808. The van der Waals surface area contributed by atoms with Crippen molar-refractivity contribution in [2.24, 2.45) is 0 Å². The molecule has 0 fully saturated rings. The van der Waals surface area contributed by atoms with Crippen molar-refractivity contribution in [2.45, 2.75) is 0 Å². The second-order valence-corrected chi connectivity index (χ2v) is 5.58. The monoisotopic (exact) mass is 344 g/mol. The van der Waals surface area contributed by atoms with Gasteiger partial charge in [0.15, 0.2) is 0 Å². The predicted molar refractivity (Wildman–Crippen MR) is 106 cm³/mol. The zero-order valence-electron chi connectivity index (χ0n) is 14.8. The lowest BCUT2D eigenvalue weighted by molar-refractivity contribution is 0.414. The molecule has 0 aliphatic heterocycles. The van der Waals surface area contributed by atoms with Crippen molar-refractivity contribution in [3.05, 3.63) is 83.4 Å². The molecule has 0 saturated heterocycles. The summed E-state index contributed by atoms with van der Waals surface area (Å²) in [5.41, 5.74) is 3.77. The SMILES string of the molecule is COc1ccc(/C=C/c2cnc(/C=C/c3ccc(OC)cc3)cn2)cc1. The van der Waals surface area contributed by atoms with Gasteiger partial charge in [-0.1, -0.05) is 36.4 Å². The number of nitrogens with zero attached hydrogens (tertiary/aromatic N) is 2. The smallest absolute Gasteiger partial charge is 0.118 e. The van der Waals surface area contributed by atoms with Crippen LogP contribution < -0.4 is 9.47 Å². The molecule has 0 unspecified atom stereocenters. The molecule has 0 radical (unpaired) electrons. The number of rotatable bonds is 6. The van der Waals surface area contributed by atoms with E-state index in [9.17, 15) is 0 Å². The molecule has 1 heterocycles. The highest BCUT2D eigenvalue weighted by Gasteiger charge is 1.95. The molecule has 130 valence electrons. The lowest BCUT2D eigenvalue weighted by Crippen LogP contribution is -1.87. The molecule has 0 amide bonds. The van der Waals surface area contributed by atoms with Crippen molar-refractivity contribution in [1.29, 1.82) is 0 Å². The Labute approximate surface area is 153 Å². The van der Waals surface area contributed by atoms with Crippen LogP contribution in [0.2, 0.25) is 0 Å². The topological polar surface area (TPSA) is 44.2 Å². The largest absolute Gasteiger partial charge is 0.497 e. The van der Waals surface area contributed by atoms with Crippen molar-refractivity contribution in [1.82, 2.24) is 9.97 Å². The summed E-state index contributed by atoms with van der Waals surface area (Å²) in [4.78, 5) is 8.84. The highest BCUT2D eigenvalue weighted by molar-refractivity contribution is 5.70. The van der Waals surface area contributed by atoms with Gasteiger partial charge in [-0.05, 0) is 47.5 Å². The van der Waals surface area contributed by atoms with Gasteiger partial charge in [0.05, 0.1) is 38.0 Å².